The van der Waals surface area contributed by atoms with Crippen LogP contribution in [0.2, 0.25) is 0 Å². The largest absolute Gasteiger partial charge is 0.396 e. The first-order valence-corrected chi connectivity index (χ1v) is 9.28. The first kappa shape index (κ1) is 17.9. The molecule has 2 saturated heterocycles. The highest BCUT2D eigenvalue weighted by Crippen LogP contribution is 2.35. The smallest absolute Gasteiger partial charge is 0.227 e. The molecule has 1 aromatic carbocycles. The maximum absolute atomic E-state index is 12.8. The average Bonchev–Trinajstić information content (AvgIpc) is 3.02. The number of carbonyl (C=O) groups is 2. The van der Waals surface area contributed by atoms with Crippen LogP contribution >= 0.6 is 0 Å². The molecule has 0 saturated carbocycles. The summed E-state index contributed by atoms with van der Waals surface area (Å²) >= 11 is 0. The molecule has 25 heavy (non-hydrogen) atoms. The van der Waals surface area contributed by atoms with Gasteiger partial charge in [0.1, 0.15) is 0 Å². The molecule has 0 spiro atoms. The number of likely N-dealkylation sites (tertiary alicyclic amines) is 2. The molecule has 5 heteroatoms. The molecule has 1 atom stereocenters. The molecule has 2 amide bonds. The summed E-state index contributed by atoms with van der Waals surface area (Å²) in [6.07, 6.45) is 2.96. The van der Waals surface area contributed by atoms with E-state index in [4.69, 9.17) is 0 Å². The standard InChI is InChI=1S/C20H28N2O3/c1-2-20(15-23)8-10-21(11-9-20)19(25)17-12-18(24)22(14-17)13-16-6-4-3-5-7-16/h3-7,17,23H,2,8-15H2,1H3. The molecule has 2 fully saturated rings. The second-order valence-corrected chi connectivity index (χ2v) is 7.50. The first-order chi connectivity index (χ1) is 12.1. The van der Waals surface area contributed by atoms with Crippen molar-refractivity contribution in [3.8, 4) is 0 Å². The van der Waals surface area contributed by atoms with E-state index < -0.39 is 0 Å². The molecular weight excluding hydrogens is 316 g/mol. The van der Waals surface area contributed by atoms with Crippen molar-refractivity contribution < 1.29 is 14.7 Å². The molecular formula is C20H28N2O3. The number of hydrogen-bond acceptors (Lipinski definition) is 3. The predicted molar refractivity (Wildman–Crippen MR) is 95.6 cm³/mol. The number of nitrogens with zero attached hydrogens (tertiary/aromatic N) is 2. The van der Waals surface area contributed by atoms with Crippen LogP contribution in [-0.2, 0) is 16.1 Å². The summed E-state index contributed by atoms with van der Waals surface area (Å²) in [7, 11) is 0. The lowest BCUT2D eigenvalue weighted by Crippen LogP contribution is -2.46. The third kappa shape index (κ3) is 3.87. The van der Waals surface area contributed by atoms with E-state index in [1.54, 1.807) is 4.90 Å². The van der Waals surface area contributed by atoms with Gasteiger partial charge >= 0.3 is 0 Å². The van der Waals surface area contributed by atoms with Gasteiger partial charge in [0.15, 0.2) is 0 Å². The van der Waals surface area contributed by atoms with Crippen molar-refractivity contribution in [1.82, 2.24) is 9.80 Å². The molecule has 1 aromatic rings. The normalized spacial score (nSPS) is 23.1. The van der Waals surface area contributed by atoms with Crippen LogP contribution < -0.4 is 0 Å². The fourth-order valence-corrected chi connectivity index (χ4v) is 3.98. The van der Waals surface area contributed by atoms with Crippen molar-refractivity contribution in [3.05, 3.63) is 35.9 Å². The Balaban J connectivity index is 1.56. The SMILES string of the molecule is CCC1(CO)CCN(C(=O)C2CC(=O)N(Cc3ccccc3)C2)CC1. The third-order valence-electron chi connectivity index (χ3n) is 6.00. The Bertz CT molecular complexity index is 603. The Morgan fingerprint density at radius 3 is 2.52 bits per heavy atom. The maximum atomic E-state index is 12.8. The summed E-state index contributed by atoms with van der Waals surface area (Å²) in [6.45, 7) is 4.77. The molecule has 2 heterocycles. The van der Waals surface area contributed by atoms with Crippen molar-refractivity contribution in [1.29, 1.82) is 0 Å². The van der Waals surface area contributed by atoms with E-state index in [2.05, 4.69) is 6.92 Å². The third-order valence-corrected chi connectivity index (χ3v) is 6.00. The molecule has 5 nitrogen and oxygen atoms in total. The van der Waals surface area contributed by atoms with Crippen LogP contribution in [0.5, 0.6) is 0 Å². The van der Waals surface area contributed by atoms with Crippen LogP contribution in [0.1, 0.15) is 38.2 Å². The Morgan fingerprint density at radius 1 is 1.24 bits per heavy atom. The summed E-state index contributed by atoms with van der Waals surface area (Å²) in [5, 5.41) is 9.63. The summed E-state index contributed by atoms with van der Waals surface area (Å²) in [6, 6.07) is 9.90. The summed E-state index contributed by atoms with van der Waals surface area (Å²) in [5.41, 5.74) is 1.07. The average molecular weight is 344 g/mol. The highest BCUT2D eigenvalue weighted by molar-refractivity contribution is 5.89. The molecule has 0 bridgehead atoms. The van der Waals surface area contributed by atoms with Crippen molar-refractivity contribution in [2.24, 2.45) is 11.3 Å². The van der Waals surface area contributed by atoms with Gasteiger partial charge in [-0.25, -0.2) is 0 Å². The molecule has 2 aliphatic heterocycles. The predicted octanol–water partition coefficient (Wildman–Crippen LogP) is 2.05. The number of hydrogen-bond donors (Lipinski definition) is 1. The zero-order chi connectivity index (χ0) is 17.9. The van der Waals surface area contributed by atoms with Crippen molar-refractivity contribution in [2.75, 3.05) is 26.2 Å². The van der Waals surface area contributed by atoms with Gasteiger partial charge in [0.05, 0.1) is 5.92 Å². The zero-order valence-electron chi connectivity index (χ0n) is 15.0. The second-order valence-electron chi connectivity index (χ2n) is 7.50. The summed E-state index contributed by atoms with van der Waals surface area (Å²) < 4.78 is 0. The monoisotopic (exact) mass is 344 g/mol. The molecule has 136 valence electrons. The summed E-state index contributed by atoms with van der Waals surface area (Å²) in [4.78, 5) is 28.8. The fourth-order valence-electron chi connectivity index (χ4n) is 3.98. The van der Waals surface area contributed by atoms with Gasteiger partial charge in [0.2, 0.25) is 11.8 Å². The number of carbonyl (C=O) groups excluding carboxylic acids is 2. The first-order valence-electron chi connectivity index (χ1n) is 9.28. The van der Waals surface area contributed by atoms with E-state index in [1.807, 2.05) is 35.2 Å². The van der Waals surface area contributed by atoms with E-state index in [-0.39, 0.29) is 29.8 Å². The highest BCUT2D eigenvalue weighted by atomic mass is 16.3. The zero-order valence-corrected chi connectivity index (χ0v) is 15.0. The van der Waals surface area contributed by atoms with Crippen molar-refractivity contribution in [3.63, 3.8) is 0 Å². The second kappa shape index (κ2) is 7.56. The number of aliphatic hydroxyl groups excluding tert-OH is 1. The van der Waals surface area contributed by atoms with E-state index in [1.165, 1.54) is 0 Å². The number of benzene rings is 1. The lowest BCUT2D eigenvalue weighted by atomic mass is 9.77. The Labute approximate surface area is 149 Å². The van der Waals surface area contributed by atoms with Crippen LogP contribution in [-0.4, -0.2) is 53.0 Å². The van der Waals surface area contributed by atoms with Gasteiger partial charge < -0.3 is 14.9 Å². The lowest BCUT2D eigenvalue weighted by molar-refractivity contribution is -0.138. The Morgan fingerprint density at radius 2 is 1.92 bits per heavy atom. The maximum Gasteiger partial charge on any atom is 0.227 e. The van der Waals surface area contributed by atoms with Crippen molar-refractivity contribution >= 4 is 11.8 Å². The van der Waals surface area contributed by atoms with Gasteiger partial charge in [-0.1, -0.05) is 37.3 Å². The van der Waals surface area contributed by atoms with Gasteiger partial charge in [-0.3, -0.25) is 9.59 Å². The molecule has 0 aromatic heterocycles. The van der Waals surface area contributed by atoms with E-state index in [0.717, 1.165) is 24.8 Å². The van der Waals surface area contributed by atoms with E-state index in [9.17, 15) is 14.7 Å². The van der Waals surface area contributed by atoms with Gasteiger partial charge in [0.25, 0.3) is 0 Å². The quantitative estimate of drug-likeness (QED) is 0.889. The van der Waals surface area contributed by atoms with Gasteiger partial charge in [0, 0.05) is 39.2 Å². The number of aliphatic hydroxyl groups is 1. The molecule has 3 rings (SSSR count). The molecule has 0 radical (unpaired) electrons. The van der Waals surface area contributed by atoms with Gasteiger partial charge in [-0.15, -0.1) is 0 Å². The van der Waals surface area contributed by atoms with Gasteiger partial charge in [-0.05, 0) is 30.2 Å². The minimum atomic E-state index is -0.223. The Kier molecular flexibility index (Phi) is 5.42. The number of piperidine rings is 1. The fraction of sp³-hybridized carbons (Fsp3) is 0.600. The lowest BCUT2D eigenvalue weighted by Gasteiger charge is -2.41. The highest BCUT2D eigenvalue weighted by Gasteiger charge is 2.39. The van der Waals surface area contributed by atoms with Crippen molar-refractivity contribution in [2.45, 2.75) is 39.2 Å². The van der Waals surface area contributed by atoms with E-state index >= 15 is 0 Å². The van der Waals surface area contributed by atoms with Crippen LogP contribution in [0.4, 0.5) is 0 Å². The summed E-state index contributed by atoms with van der Waals surface area (Å²) in [5.74, 6) is -0.0523. The molecule has 1 N–H and O–H groups in total. The molecule has 0 aliphatic carbocycles. The minimum absolute atomic E-state index is 0.0262. The van der Waals surface area contributed by atoms with Crippen LogP contribution in [0, 0.1) is 11.3 Å². The van der Waals surface area contributed by atoms with Gasteiger partial charge in [-0.2, -0.15) is 0 Å². The number of amides is 2. The van der Waals surface area contributed by atoms with E-state index in [0.29, 0.717) is 32.6 Å². The minimum Gasteiger partial charge on any atom is -0.396 e. The Hall–Kier alpha value is -1.88. The topological polar surface area (TPSA) is 60.9 Å². The van der Waals surface area contributed by atoms with Crippen LogP contribution in [0.25, 0.3) is 0 Å². The van der Waals surface area contributed by atoms with Crippen LogP contribution in [0.3, 0.4) is 0 Å². The van der Waals surface area contributed by atoms with Crippen LogP contribution in [0.15, 0.2) is 30.3 Å². The molecule has 1 unspecified atom stereocenters. The number of rotatable bonds is 5. The molecule has 2 aliphatic rings.